The molecule has 110 valence electrons. The number of nitrogens with zero attached hydrogens (tertiary/aromatic N) is 1. The minimum atomic E-state index is -0.339. The molecule has 2 unspecified atom stereocenters. The van der Waals surface area contributed by atoms with Crippen LogP contribution in [0.4, 0.5) is 0 Å². The molecule has 1 N–H and O–H groups in total. The quantitative estimate of drug-likeness (QED) is 0.893. The summed E-state index contributed by atoms with van der Waals surface area (Å²) in [7, 11) is 0. The predicted molar refractivity (Wildman–Crippen MR) is 77.7 cm³/mol. The Balaban J connectivity index is 1.93. The number of aliphatic hydroxyl groups excluding tert-OH is 1. The lowest BCUT2D eigenvalue weighted by Gasteiger charge is -2.18. The molecule has 0 spiro atoms. The molecule has 0 aliphatic carbocycles. The van der Waals surface area contributed by atoms with Gasteiger partial charge in [0.05, 0.1) is 19.1 Å². The number of likely N-dealkylation sites (tertiary alicyclic amines) is 1. The second-order valence-corrected chi connectivity index (χ2v) is 5.39. The van der Waals surface area contributed by atoms with Crippen LogP contribution >= 0.6 is 0 Å². The molecule has 0 aromatic heterocycles. The molecule has 0 radical (unpaired) electrons. The van der Waals surface area contributed by atoms with Crippen LogP contribution in [0.5, 0.6) is 5.75 Å². The summed E-state index contributed by atoms with van der Waals surface area (Å²) in [5.41, 5.74) is 0.974. The van der Waals surface area contributed by atoms with Crippen LogP contribution < -0.4 is 4.74 Å². The van der Waals surface area contributed by atoms with Crippen LogP contribution in [0.25, 0.3) is 0 Å². The van der Waals surface area contributed by atoms with Gasteiger partial charge in [-0.05, 0) is 38.0 Å². The number of benzene rings is 1. The molecule has 1 aromatic carbocycles. The zero-order chi connectivity index (χ0) is 14.5. The Kier molecular flexibility index (Phi) is 5.01. The molecule has 20 heavy (non-hydrogen) atoms. The van der Waals surface area contributed by atoms with Gasteiger partial charge in [-0.3, -0.25) is 4.79 Å². The third kappa shape index (κ3) is 3.73. The number of ether oxygens (including phenoxy) is 1. The number of rotatable bonds is 5. The first-order valence-electron chi connectivity index (χ1n) is 7.27. The van der Waals surface area contributed by atoms with Gasteiger partial charge in [0.2, 0.25) is 5.91 Å². The number of aliphatic hydroxyl groups is 1. The van der Waals surface area contributed by atoms with Crippen molar-refractivity contribution in [3.63, 3.8) is 0 Å². The minimum absolute atomic E-state index is 0.127. The fourth-order valence-electron chi connectivity index (χ4n) is 2.61. The first kappa shape index (κ1) is 14.9. The van der Waals surface area contributed by atoms with Gasteiger partial charge >= 0.3 is 0 Å². The van der Waals surface area contributed by atoms with Gasteiger partial charge in [-0.2, -0.15) is 0 Å². The van der Waals surface area contributed by atoms with E-state index in [0.717, 1.165) is 24.3 Å². The third-order valence-corrected chi connectivity index (χ3v) is 3.82. The summed E-state index contributed by atoms with van der Waals surface area (Å²) in [6.07, 6.45) is 0.949. The fourth-order valence-corrected chi connectivity index (χ4v) is 2.61. The van der Waals surface area contributed by atoms with Gasteiger partial charge in [0.15, 0.2) is 0 Å². The van der Waals surface area contributed by atoms with Crippen LogP contribution in [-0.4, -0.2) is 41.7 Å². The summed E-state index contributed by atoms with van der Waals surface area (Å²) in [5.74, 6) is 1.15. The van der Waals surface area contributed by atoms with Gasteiger partial charge in [-0.25, -0.2) is 0 Å². The zero-order valence-electron chi connectivity index (χ0n) is 12.2. The number of hydrogen-bond acceptors (Lipinski definition) is 3. The second kappa shape index (κ2) is 6.75. The van der Waals surface area contributed by atoms with E-state index in [-0.39, 0.29) is 17.9 Å². The first-order chi connectivity index (χ1) is 9.60. The molecule has 4 nitrogen and oxygen atoms in total. The highest BCUT2D eigenvalue weighted by Gasteiger charge is 2.28. The Morgan fingerprint density at radius 1 is 1.55 bits per heavy atom. The van der Waals surface area contributed by atoms with Crippen molar-refractivity contribution < 1.29 is 14.6 Å². The second-order valence-electron chi connectivity index (χ2n) is 5.39. The highest BCUT2D eigenvalue weighted by atomic mass is 16.5. The van der Waals surface area contributed by atoms with Gasteiger partial charge in [0.25, 0.3) is 0 Å². The Bertz CT molecular complexity index is 459. The van der Waals surface area contributed by atoms with Crippen molar-refractivity contribution in [2.24, 2.45) is 5.92 Å². The van der Waals surface area contributed by atoms with E-state index in [0.29, 0.717) is 19.6 Å². The van der Waals surface area contributed by atoms with Crippen molar-refractivity contribution >= 4 is 5.91 Å². The Morgan fingerprint density at radius 2 is 2.35 bits per heavy atom. The van der Waals surface area contributed by atoms with Crippen LogP contribution in [0.1, 0.15) is 25.8 Å². The fraction of sp³-hybridized carbons (Fsp3) is 0.562. The van der Waals surface area contributed by atoms with E-state index in [9.17, 15) is 9.90 Å². The third-order valence-electron chi connectivity index (χ3n) is 3.82. The summed E-state index contributed by atoms with van der Waals surface area (Å²) < 4.78 is 5.44. The predicted octanol–water partition coefficient (Wildman–Crippen LogP) is 1.86. The summed E-state index contributed by atoms with van der Waals surface area (Å²) in [6, 6.07) is 7.68. The SMILES string of the molecule is CCOc1cccc(CC(=O)N2CCC(C(C)O)C2)c1. The molecular weight excluding hydrogens is 254 g/mol. The average Bonchev–Trinajstić information content (AvgIpc) is 2.89. The molecular formula is C16H23NO3. The Morgan fingerprint density at radius 3 is 3.00 bits per heavy atom. The smallest absolute Gasteiger partial charge is 0.227 e. The van der Waals surface area contributed by atoms with Crippen LogP contribution in [0, 0.1) is 5.92 Å². The van der Waals surface area contributed by atoms with Gasteiger partial charge in [-0.1, -0.05) is 12.1 Å². The lowest BCUT2D eigenvalue weighted by Crippen LogP contribution is -2.31. The summed E-state index contributed by atoms with van der Waals surface area (Å²) in [5, 5.41) is 9.58. The molecule has 1 heterocycles. The largest absolute Gasteiger partial charge is 0.494 e. The molecule has 2 rings (SSSR count). The minimum Gasteiger partial charge on any atom is -0.494 e. The van der Waals surface area contributed by atoms with Crippen LogP contribution in [0.15, 0.2) is 24.3 Å². The van der Waals surface area contributed by atoms with Crippen molar-refractivity contribution in [3.05, 3.63) is 29.8 Å². The summed E-state index contributed by atoms with van der Waals surface area (Å²) in [4.78, 5) is 14.1. The van der Waals surface area contributed by atoms with Crippen molar-refractivity contribution in [1.29, 1.82) is 0 Å². The molecule has 0 saturated carbocycles. The van der Waals surface area contributed by atoms with Crippen molar-refractivity contribution in [2.75, 3.05) is 19.7 Å². The lowest BCUT2D eigenvalue weighted by molar-refractivity contribution is -0.129. The summed E-state index contributed by atoms with van der Waals surface area (Å²) in [6.45, 7) is 5.78. The highest BCUT2D eigenvalue weighted by Crippen LogP contribution is 2.21. The van der Waals surface area contributed by atoms with Gasteiger partial charge in [0.1, 0.15) is 5.75 Å². The van der Waals surface area contributed by atoms with E-state index in [1.165, 1.54) is 0 Å². The van der Waals surface area contributed by atoms with Crippen molar-refractivity contribution in [2.45, 2.75) is 32.8 Å². The maximum Gasteiger partial charge on any atom is 0.227 e. The van der Waals surface area contributed by atoms with Crippen LogP contribution in [0.3, 0.4) is 0 Å². The van der Waals surface area contributed by atoms with Gasteiger partial charge in [-0.15, -0.1) is 0 Å². The molecule has 1 aliphatic heterocycles. The van der Waals surface area contributed by atoms with Crippen molar-refractivity contribution in [3.8, 4) is 5.75 Å². The molecule has 1 fully saturated rings. The maximum atomic E-state index is 12.3. The molecule has 4 heteroatoms. The maximum absolute atomic E-state index is 12.3. The van der Waals surface area contributed by atoms with Crippen LogP contribution in [-0.2, 0) is 11.2 Å². The zero-order valence-corrected chi connectivity index (χ0v) is 12.2. The monoisotopic (exact) mass is 277 g/mol. The van der Waals surface area contributed by atoms with E-state index < -0.39 is 0 Å². The number of hydrogen-bond donors (Lipinski definition) is 1. The van der Waals surface area contributed by atoms with E-state index in [1.54, 1.807) is 6.92 Å². The van der Waals surface area contributed by atoms with E-state index in [1.807, 2.05) is 36.1 Å². The molecule has 0 bridgehead atoms. The van der Waals surface area contributed by atoms with E-state index in [2.05, 4.69) is 0 Å². The lowest BCUT2D eigenvalue weighted by atomic mass is 10.0. The molecule has 2 atom stereocenters. The Labute approximate surface area is 120 Å². The average molecular weight is 277 g/mol. The van der Waals surface area contributed by atoms with E-state index in [4.69, 9.17) is 4.74 Å². The van der Waals surface area contributed by atoms with Crippen LogP contribution in [0.2, 0.25) is 0 Å². The van der Waals surface area contributed by atoms with Crippen molar-refractivity contribution in [1.82, 2.24) is 4.90 Å². The van der Waals surface area contributed by atoms with Gasteiger partial charge in [0, 0.05) is 19.0 Å². The number of carbonyl (C=O) groups is 1. The summed E-state index contributed by atoms with van der Waals surface area (Å²) >= 11 is 0. The normalized spacial score (nSPS) is 19.9. The number of amides is 1. The standard InChI is InChI=1S/C16H23NO3/c1-3-20-15-6-4-5-13(9-15)10-16(19)17-8-7-14(11-17)12(2)18/h4-6,9,12,14,18H,3,7-8,10-11H2,1-2H3. The number of carbonyl (C=O) groups excluding carboxylic acids is 1. The molecule has 1 aromatic rings. The highest BCUT2D eigenvalue weighted by molar-refractivity contribution is 5.79. The first-order valence-corrected chi connectivity index (χ1v) is 7.27. The molecule has 1 amide bonds. The molecule has 1 saturated heterocycles. The Hall–Kier alpha value is -1.55. The topological polar surface area (TPSA) is 49.8 Å². The molecule has 1 aliphatic rings. The van der Waals surface area contributed by atoms with Gasteiger partial charge < -0.3 is 14.7 Å². The van der Waals surface area contributed by atoms with E-state index >= 15 is 0 Å².